The second kappa shape index (κ2) is 9.31. The minimum Gasteiger partial charge on any atom is -0.360 e. The Morgan fingerprint density at radius 3 is 2.33 bits per heavy atom. The van der Waals surface area contributed by atoms with Gasteiger partial charge in [-0.15, -0.1) is 0 Å². The summed E-state index contributed by atoms with van der Waals surface area (Å²) in [6.45, 7) is 8.59. The zero-order chi connectivity index (χ0) is 21.9. The van der Waals surface area contributed by atoms with Gasteiger partial charge in [0.05, 0.1) is 0 Å². The van der Waals surface area contributed by atoms with E-state index in [9.17, 15) is 13.2 Å². The Bertz CT molecular complexity index is 955. The predicted molar refractivity (Wildman–Crippen MR) is 114 cm³/mol. The number of benzene rings is 1. The minimum absolute atomic E-state index is 0.0154. The van der Waals surface area contributed by atoms with Gasteiger partial charge >= 0.3 is 0 Å². The molecule has 1 atom stereocenters. The van der Waals surface area contributed by atoms with E-state index in [0.717, 1.165) is 12.0 Å². The summed E-state index contributed by atoms with van der Waals surface area (Å²) in [6, 6.07) is 8.25. The van der Waals surface area contributed by atoms with Crippen LogP contribution in [-0.4, -0.2) is 36.9 Å². The van der Waals surface area contributed by atoms with Crippen LogP contribution in [0.3, 0.4) is 0 Å². The maximum absolute atomic E-state index is 13.0. The molecule has 2 heterocycles. The highest BCUT2D eigenvalue weighted by atomic mass is 32.2. The Morgan fingerprint density at radius 2 is 1.80 bits per heavy atom. The van der Waals surface area contributed by atoms with Gasteiger partial charge in [0, 0.05) is 25.6 Å². The minimum atomic E-state index is -3.62. The van der Waals surface area contributed by atoms with Gasteiger partial charge in [0.2, 0.25) is 15.9 Å². The molecule has 1 aliphatic rings. The number of hydrogen-bond acceptors (Lipinski definition) is 5. The van der Waals surface area contributed by atoms with Crippen molar-refractivity contribution in [3.05, 3.63) is 46.8 Å². The summed E-state index contributed by atoms with van der Waals surface area (Å²) in [7, 11) is -3.62. The molecule has 0 aliphatic carbocycles. The van der Waals surface area contributed by atoms with Gasteiger partial charge in [-0.25, -0.2) is 8.42 Å². The number of piperidine rings is 1. The molecule has 1 aromatic heterocycles. The molecule has 0 unspecified atom stereocenters. The van der Waals surface area contributed by atoms with Crippen LogP contribution in [0, 0.1) is 25.7 Å². The van der Waals surface area contributed by atoms with Crippen molar-refractivity contribution in [2.45, 2.75) is 58.4 Å². The first-order valence-corrected chi connectivity index (χ1v) is 12.0. The Labute approximate surface area is 178 Å². The number of rotatable bonds is 7. The highest BCUT2D eigenvalue weighted by Gasteiger charge is 2.36. The van der Waals surface area contributed by atoms with Crippen LogP contribution in [0.25, 0.3) is 0 Å². The summed E-state index contributed by atoms with van der Waals surface area (Å²) < 4.78 is 32.4. The third kappa shape index (κ3) is 4.75. The van der Waals surface area contributed by atoms with Crippen molar-refractivity contribution in [3.8, 4) is 0 Å². The normalized spacial score (nSPS) is 17.1. The van der Waals surface area contributed by atoms with E-state index in [1.54, 1.807) is 13.8 Å². The molecule has 1 N–H and O–H groups in total. The summed E-state index contributed by atoms with van der Waals surface area (Å²) in [5.41, 5.74) is 2.74. The zero-order valence-corrected chi connectivity index (χ0v) is 19.0. The SMILES string of the molecule is CCc1ccc(CNC(=O)[C@@H](C)C2CCN(S(=O)(=O)c3c(C)noc3C)CC2)cc1. The fourth-order valence-corrected chi connectivity index (χ4v) is 5.81. The number of aryl methyl sites for hydroxylation is 3. The second-order valence-corrected chi connectivity index (χ2v) is 9.95. The molecule has 8 heteroatoms. The Balaban J connectivity index is 1.54. The maximum Gasteiger partial charge on any atom is 0.248 e. The molecule has 3 rings (SSSR count). The van der Waals surface area contributed by atoms with Crippen LogP contribution in [-0.2, 0) is 27.8 Å². The van der Waals surface area contributed by atoms with Crippen LogP contribution in [0.1, 0.15) is 49.3 Å². The third-order valence-corrected chi connectivity index (χ3v) is 8.23. The molecule has 7 nitrogen and oxygen atoms in total. The van der Waals surface area contributed by atoms with Crippen LogP contribution in [0.5, 0.6) is 0 Å². The van der Waals surface area contributed by atoms with Crippen LogP contribution >= 0.6 is 0 Å². The fourth-order valence-electron chi connectivity index (χ4n) is 4.05. The number of aromatic nitrogens is 1. The number of sulfonamides is 1. The van der Waals surface area contributed by atoms with Crippen LogP contribution in [0.4, 0.5) is 0 Å². The second-order valence-electron chi connectivity index (χ2n) is 8.07. The van der Waals surface area contributed by atoms with Crippen molar-refractivity contribution in [2.24, 2.45) is 11.8 Å². The van der Waals surface area contributed by atoms with E-state index in [1.165, 1.54) is 9.87 Å². The van der Waals surface area contributed by atoms with Crippen molar-refractivity contribution in [2.75, 3.05) is 13.1 Å². The summed E-state index contributed by atoms with van der Waals surface area (Å²) >= 11 is 0. The molecule has 1 amide bonds. The van der Waals surface area contributed by atoms with Crippen molar-refractivity contribution in [1.29, 1.82) is 0 Å². The van der Waals surface area contributed by atoms with E-state index in [1.807, 2.05) is 19.1 Å². The molecule has 0 spiro atoms. The van der Waals surface area contributed by atoms with Crippen molar-refractivity contribution in [1.82, 2.24) is 14.8 Å². The zero-order valence-electron chi connectivity index (χ0n) is 18.1. The van der Waals surface area contributed by atoms with Crippen LogP contribution in [0.2, 0.25) is 0 Å². The smallest absolute Gasteiger partial charge is 0.248 e. The standard InChI is InChI=1S/C22H31N3O4S/c1-5-18-6-8-19(9-7-18)14-23-22(26)15(2)20-10-12-25(13-11-20)30(27,28)21-16(3)24-29-17(21)4/h6-9,15,20H,5,10-14H2,1-4H3,(H,23,26)/t15-/m0/s1. The first-order valence-electron chi connectivity index (χ1n) is 10.5. The number of hydrogen-bond donors (Lipinski definition) is 1. The van der Waals surface area contributed by atoms with E-state index < -0.39 is 10.0 Å². The van der Waals surface area contributed by atoms with E-state index in [4.69, 9.17) is 4.52 Å². The Hall–Kier alpha value is -2.19. The molecule has 30 heavy (non-hydrogen) atoms. The quantitative estimate of drug-likeness (QED) is 0.724. The number of nitrogens with zero attached hydrogens (tertiary/aromatic N) is 2. The van der Waals surface area contributed by atoms with Gasteiger partial charge in [0.15, 0.2) is 5.76 Å². The summed E-state index contributed by atoms with van der Waals surface area (Å²) in [4.78, 5) is 12.8. The largest absolute Gasteiger partial charge is 0.360 e. The van der Waals surface area contributed by atoms with Crippen molar-refractivity contribution >= 4 is 15.9 Å². The monoisotopic (exact) mass is 433 g/mol. The van der Waals surface area contributed by atoms with Crippen molar-refractivity contribution < 1.29 is 17.7 Å². The van der Waals surface area contributed by atoms with Gasteiger partial charge in [-0.05, 0) is 50.2 Å². The van der Waals surface area contributed by atoms with Gasteiger partial charge in [0.25, 0.3) is 0 Å². The van der Waals surface area contributed by atoms with Crippen LogP contribution < -0.4 is 5.32 Å². The lowest BCUT2D eigenvalue weighted by Gasteiger charge is -2.33. The van der Waals surface area contributed by atoms with Crippen LogP contribution in [0.15, 0.2) is 33.7 Å². The summed E-state index contributed by atoms with van der Waals surface area (Å²) in [5.74, 6) is 0.323. The first kappa shape index (κ1) is 22.5. The number of carbonyl (C=O) groups is 1. The highest BCUT2D eigenvalue weighted by molar-refractivity contribution is 7.89. The molecule has 2 aromatic rings. The summed E-state index contributed by atoms with van der Waals surface area (Å²) in [5, 5.41) is 6.79. The fraction of sp³-hybridized carbons (Fsp3) is 0.545. The molecular weight excluding hydrogens is 402 g/mol. The predicted octanol–water partition coefficient (Wildman–Crippen LogP) is 3.21. The lowest BCUT2D eigenvalue weighted by atomic mass is 9.85. The van der Waals surface area contributed by atoms with Crippen molar-refractivity contribution in [3.63, 3.8) is 0 Å². The molecule has 1 aromatic carbocycles. The molecule has 1 saturated heterocycles. The third-order valence-electron chi connectivity index (χ3n) is 6.08. The summed E-state index contributed by atoms with van der Waals surface area (Å²) in [6.07, 6.45) is 2.30. The van der Waals surface area contributed by atoms with Gasteiger partial charge in [-0.3, -0.25) is 4.79 Å². The van der Waals surface area contributed by atoms with Gasteiger partial charge in [-0.2, -0.15) is 4.31 Å². The topological polar surface area (TPSA) is 92.5 Å². The number of carbonyl (C=O) groups excluding carboxylic acids is 1. The van der Waals surface area contributed by atoms with Gasteiger partial charge < -0.3 is 9.84 Å². The van der Waals surface area contributed by atoms with E-state index >= 15 is 0 Å². The van der Waals surface area contributed by atoms with E-state index in [2.05, 4.69) is 29.5 Å². The lowest BCUT2D eigenvalue weighted by Crippen LogP contribution is -2.42. The average Bonchev–Trinajstić information content (AvgIpc) is 3.10. The van der Waals surface area contributed by atoms with Gasteiger partial charge in [-0.1, -0.05) is 43.3 Å². The Morgan fingerprint density at radius 1 is 1.20 bits per heavy atom. The van der Waals surface area contributed by atoms with Gasteiger partial charge in [0.1, 0.15) is 10.6 Å². The first-order chi connectivity index (χ1) is 14.2. The Kier molecular flexibility index (Phi) is 6.98. The molecule has 0 radical (unpaired) electrons. The van der Waals surface area contributed by atoms with E-state index in [0.29, 0.717) is 43.9 Å². The molecule has 1 aliphatic heterocycles. The molecule has 164 valence electrons. The molecule has 0 bridgehead atoms. The molecular formula is C22H31N3O4S. The molecule has 1 fully saturated rings. The van der Waals surface area contributed by atoms with E-state index in [-0.39, 0.29) is 22.6 Å². The number of nitrogens with one attached hydrogen (secondary N) is 1. The lowest BCUT2D eigenvalue weighted by molar-refractivity contribution is -0.126. The molecule has 0 saturated carbocycles. The number of amides is 1. The average molecular weight is 434 g/mol. The highest BCUT2D eigenvalue weighted by Crippen LogP contribution is 2.30. The maximum atomic E-state index is 13.0.